The molecule has 1 aliphatic rings. The van der Waals surface area contributed by atoms with E-state index >= 15 is 0 Å². The summed E-state index contributed by atoms with van der Waals surface area (Å²) in [6.45, 7) is 0.431. The SMILES string of the molecule is O=C(NCCc1ccccc1F)NCC1(C(=O)O)CCC1. The summed E-state index contributed by atoms with van der Waals surface area (Å²) < 4.78 is 13.4. The zero-order valence-electron chi connectivity index (χ0n) is 11.7. The predicted octanol–water partition coefficient (Wildman–Crippen LogP) is 1.92. The molecule has 6 heteroatoms. The fourth-order valence-corrected chi connectivity index (χ4v) is 2.39. The van der Waals surface area contributed by atoms with Gasteiger partial charge in [-0.25, -0.2) is 9.18 Å². The molecule has 1 fully saturated rings. The third kappa shape index (κ3) is 3.71. The lowest BCUT2D eigenvalue weighted by molar-refractivity contribution is -0.153. The van der Waals surface area contributed by atoms with Crippen LogP contribution in [0.3, 0.4) is 0 Å². The van der Waals surface area contributed by atoms with Gasteiger partial charge in [-0.3, -0.25) is 4.79 Å². The molecule has 1 aliphatic carbocycles. The summed E-state index contributed by atoms with van der Waals surface area (Å²) in [5.41, 5.74) is -0.262. The van der Waals surface area contributed by atoms with Crippen molar-refractivity contribution in [3.63, 3.8) is 0 Å². The summed E-state index contributed by atoms with van der Waals surface area (Å²) in [6, 6.07) is 5.99. The molecule has 21 heavy (non-hydrogen) atoms. The van der Waals surface area contributed by atoms with E-state index in [1.807, 2.05) is 0 Å². The molecule has 3 N–H and O–H groups in total. The number of nitrogens with one attached hydrogen (secondary N) is 2. The predicted molar refractivity (Wildman–Crippen MR) is 75.4 cm³/mol. The van der Waals surface area contributed by atoms with Crippen molar-refractivity contribution >= 4 is 12.0 Å². The van der Waals surface area contributed by atoms with E-state index in [0.29, 0.717) is 31.4 Å². The van der Waals surface area contributed by atoms with Crippen LogP contribution in [-0.2, 0) is 11.2 Å². The topological polar surface area (TPSA) is 78.4 Å². The van der Waals surface area contributed by atoms with Gasteiger partial charge in [0.25, 0.3) is 0 Å². The van der Waals surface area contributed by atoms with Crippen molar-refractivity contribution in [1.82, 2.24) is 10.6 Å². The number of carboxylic acid groups (broad SMARTS) is 1. The van der Waals surface area contributed by atoms with Gasteiger partial charge in [0.05, 0.1) is 5.41 Å². The van der Waals surface area contributed by atoms with Crippen LogP contribution in [-0.4, -0.2) is 30.2 Å². The Balaban J connectivity index is 1.71. The molecule has 0 heterocycles. The molecular weight excluding hydrogens is 275 g/mol. The minimum absolute atomic E-state index is 0.133. The van der Waals surface area contributed by atoms with E-state index in [1.165, 1.54) is 6.07 Å². The monoisotopic (exact) mass is 294 g/mol. The molecule has 0 aromatic heterocycles. The van der Waals surface area contributed by atoms with Crippen molar-refractivity contribution in [1.29, 1.82) is 0 Å². The van der Waals surface area contributed by atoms with Crippen molar-refractivity contribution in [3.8, 4) is 0 Å². The Morgan fingerprint density at radius 3 is 2.52 bits per heavy atom. The number of carbonyl (C=O) groups excluding carboxylic acids is 1. The molecule has 0 unspecified atom stereocenters. The number of aliphatic carboxylic acids is 1. The van der Waals surface area contributed by atoms with Gasteiger partial charge in [-0.05, 0) is 30.9 Å². The molecule has 0 atom stereocenters. The van der Waals surface area contributed by atoms with Crippen molar-refractivity contribution in [3.05, 3.63) is 35.6 Å². The van der Waals surface area contributed by atoms with Gasteiger partial charge < -0.3 is 15.7 Å². The second kappa shape index (κ2) is 6.56. The van der Waals surface area contributed by atoms with Crippen LogP contribution >= 0.6 is 0 Å². The first-order valence-electron chi connectivity index (χ1n) is 7.02. The highest BCUT2D eigenvalue weighted by Gasteiger charge is 2.44. The zero-order chi connectivity index (χ0) is 15.3. The summed E-state index contributed by atoms with van der Waals surface area (Å²) in [6.07, 6.45) is 2.46. The second-order valence-electron chi connectivity index (χ2n) is 5.39. The Bertz CT molecular complexity index is 529. The number of carbonyl (C=O) groups is 2. The van der Waals surface area contributed by atoms with Crippen molar-refractivity contribution < 1.29 is 19.1 Å². The summed E-state index contributed by atoms with van der Waals surface area (Å²) in [7, 11) is 0. The Morgan fingerprint density at radius 1 is 1.24 bits per heavy atom. The van der Waals surface area contributed by atoms with Gasteiger partial charge in [-0.2, -0.15) is 0 Å². The largest absolute Gasteiger partial charge is 0.481 e. The molecule has 0 aliphatic heterocycles. The minimum atomic E-state index is -0.861. The maximum absolute atomic E-state index is 13.4. The number of halogens is 1. The van der Waals surface area contributed by atoms with Crippen molar-refractivity contribution in [2.24, 2.45) is 5.41 Å². The number of hydrogen-bond donors (Lipinski definition) is 3. The molecule has 5 nitrogen and oxygen atoms in total. The molecule has 2 amide bonds. The molecule has 2 rings (SSSR count). The van der Waals surface area contributed by atoms with Gasteiger partial charge in [0.15, 0.2) is 0 Å². The first-order valence-corrected chi connectivity index (χ1v) is 7.02. The van der Waals surface area contributed by atoms with Gasteiger partial charge in [-0.1, -0.05) is 24.6 Å². The molecule has 1 saturated carbocycles. The first-order chi connectivity index (χ1) is 10.0. The van der Waals surface area contributed by atoms with E-state index in [9.17, 15) is 14.0 Å². The highest BCUT2D eigenvalue weighted by molar-refractivity contribution is 5.78. The number of carboxylic acids is 1. The number of benzene rings is 1. The minimum Gasteiger partial charge on any atom is -0.481 e. The maximum Gasteiger partial charge on any atom is 0.314 e. The quantitative estimate of drug-likeness (QED) is 0.750. The molecule has 0 bridgehead atoms. The average Bonchev–Trinajstić information content (AvgIpc) is 2.39. The second-order valence-corrected chi connectivity index (χ2v) is 5.39. The lowest BCUT2D eigenvalue weighted by Crippen LogP contribution is -2.49. The zero-order valence-corrected chi connectivity index (χ0v) is 11.7. The summed E-state index contributed by atoms with van der Waals surface area (Å²) in [5, 5.41) is 14.3. The lowest BCUT2D eigenvalue weighted by Gasteiger charge is -2.37. The Kier molecular flexibility index (Phi) is 4.77. The molecule has 0 radical (unpaired) electrons. The summed E-state index contributed by atoms with van der Waals surface area (Å²) in [4.78, 5) is 22.8. The fraction of sp³-hybridized carbons (Fsp3) is 0.467. The molecular formula is C15H19FN2O3. The highest BCUT2D eigenvalue weighted by Crippen LogP contribution is 2.40. The van der Waals surface area contributed by atoms with Crippen LogP contribution in [0.4, 0.5) is 9.18 Å². The van der Waals surface area contributed by atoms with Crippen molar-refractivity contribution in [2.75, 3.05) is 13.1 Å². The van der Waals surface area contributed by atoms with Crippen LogP contribution in [0.1, 0.15) is 24.8 Å². The molecule has 0 saturated heterocycles. The van der Waals surface area contributed by atoms with Crippen LogP contribution in [0.25, 0.3) is 0 Å². The van der Waals surface area contributed by atoms with Crippen molar-refractivity contribution in [2.45, 2.75) is 25.7 Å². The van der Waals surface area contributed by atoms with Crippen LogP contribution in [0.2, 0.25) is 0 Å². The van der Waals surface area contributed by atoms with Crippen LogP contribution in [0, 0.1) is 11.2 Å². The van der Waals surface area contributed by atoms with E-state index in [4.69, 9.17) is 5.11 Å². The van der Waals surface area contributed by atoms with Gasteiger partial charge in [-0.15, -0.1) is 0 Å². The number of rotatable bonds is 6. The van der Waals surface area contributed by atoms with E-state index in [1.54, 1.807) is 18.2 Å². The molecule has 1 aromatic rings. The Hall–Kier alpha value is -2.11. The van der Waals surface area contributed by atoms with Gasteiger partial charge in [0.2, 0.25) is 0 Å². The van der Waals surface area contributed by atoms with Crippen LogP contribution < -0.4 is 10.6 Å². The van der Waals surface area contributed by atoms with E-state index < -0.39 is 17.4 Å². The summed E-state index contributed by atoms with van der Waals surface area (Å²) >= 11 is 0. The summed E-state index contributed by atoms with van der Waals surface area (Å²) in [5.74, 6) is -1.15. The normalized spacial score (nSPS) is 15.9. The fourth-order valence-electron chi connectivity index (χ4n) is 2.39. The Morgan fingerprint density at radius 2 is 1.95 bits per heavy atom. The maximum atomic E-state index is 13.4. The first kappa shape index (κ1) is 15.3. The van der Waals surface area contributed by atoms with Gasteiger partial charge >= 0.3 is 12.0 Å². The van der Waals surface area contributed by atoms with E-state index in [2.05, 4.69) is 10.6 Å². The van der Waals surface area contributed by atoms with Crippen LogP contribution in [0.15, 0.2) is 24.3 Å². The number of amides is 2. The third-order valence-electron chi connectivity index (χ3n) is 3.99. The Labute approximate surface area is 122 Å². The number of urea groups is 1. The van der Waals surface area contributed by atoms with Gasteiger partial charge in [0, 0.05) is 13.1 Å². The standard InChI is InChI=1S/C15H19FN2O3/c16-12-5-2-1-4-11(12)6-9-17-14(21)18-10-15(13(19)20)7-3-8-15/h1-2,4-5H,3,6-10H2,(H,19,20)(H2,17,18,21). The van der Waals surface area contributed by atoms with E-state index in [0.717, 1.165) is 6.42 Å². The number of hydrogen-bond acceptors (Lipinski definition) is 2. The average molecular weight is 294 g/mol. The molecule has 114 valence electrons. The van der Waals surface area contributed by atoms with Gasteiger partial charge in [0.1, 0.15) is 5.82 Å². The molecule has 0 spiro atoms. The molecule has 1 aromatic carbocycles. The van der Waals surface area contributed by atoms with Crippen LogP contribution in [0.5, 0.6) is 0 Å². The van der Waals surface area contributed by atoms with E-state index in [-0.39, 0.29) is 12.4 Å². The lowest BCUT2D eigenvalue weighted by atomic mass is 9.69. The highest BCUT2D eigenvalue weighted by atomic mass is 19.1. The third-order valence-corrected chi connectivity index (χ3v) is 3.99. The smallest absolute Gasteiger partial charge is 0.314 e.